The SMILES string of the molecule is C=Cn1cc(CNC2CN(C(=O)OC(C)(C)C)C[C@@H]2OC)cn1. The summed E-state index contributed by atoms with van der Waals surface area (Å²) in [4.78, 5) is 13.9. The molecule has 0 radical (unpaired) electrons. The third-order valence-corrected chi connectivity index (χ3v) is 3.63. The number of amides is 1. The Morgan fingerprint density at radius 3 is 2.83 bits per heavy atom. The zero-order valence-corrected chi connectivity index (χ0v) is 14.3. The van der Waals surface area contributed by atoms with E-state index in [1.807, 2.05) is 27.0 Å². The molecule has 1 aliphatic rings. The first kappa shape index (κ1) is 17.5. The second kappa shape index (κ2) is 7.14. The van der Waals surface area contributed by atoms with Crippen LogP contribution in [0.3, 0.4) is 0 Å². The third-order valence-electron chi connectivity index (χ3n) is 3.63. The van der Waals surface area contributed by atoms with Crippen LogP contribution in [0.25, 0.3) is 6.20 Å². The minimum atomic E-state index is -0.496. The highest BCUT2D eigenvalue weighted by Gasteiger charge is 2.37. The van der Waals surface area contributed by atoms with Crippen LogP contribution in [0, 0.1) is 0 Å². The lowest BCUT2D eigenvalue weighted by atomic mass is 10.2. The molecule has 0 saturated carbocycles. The van der Waals surface area contributed by atoms with Gasteiger partial charge in [-0.2, -0.15) is 5.10 Å². The summed E-state index contributed by atoms with van der Waals surface area (Å²) < 4.78 is 12.6. The van der Waals surface area contributed by atoms with Crippen molar-refractivity contribution >= 4 is 12.3 Å². The Hall–Kier alpha value is -1.86. The number of ether oxygens (including phenoxy) is 2. The topological polar surface area (TPSA) is 68.6 Å². The van der Waals surface area contributed by atoms with Crippen LogP contribution in [-0.2, 0) is 16.0 Å². The van der Waals surface area contributed by atoms with Crippen molar-refractivity contribution in [2.45, 2.75) is 45.1 Å². The summed E-state index contributed by atoms with van der Waals surface area (Å²) in [6, 6.07) is 0.0552. The smallest absolute Gasteiger partial charge is 0.410 e. The Labute approximate surface area is 137 Å². The maximum Gasteiger partial charge on any atom is 0.410 e. The number of hydrogen-bond donors (Lipinski definition) is 1. The van der Waals surface area contributed by atoms with Gasteiger partial charge < -0.3 is 19.7 Å². The molecule has 1 amide bonds. The number of likely N-dealkylation sites (tertiary alicyclic amines) is 1. The number of hydrogen-bond acceptors (Lipinski definition) is 5. The summed E-state index contributed by atoms with van der Waals surface area (Å²) >= 11 is 0. The number of methoxy groups -OCH3 is 1. The number of aromatic nitrogens is 2. The van der Waals surface area contributed by atoms with E-state index in [-0.39, 0.29) is 18.2 Å². The highest BCUT2D eigenvalue weighted by atomic mass is 16.6. The Balaban J connectivity index is 1.91. The first-order chi connectivity index (χ1) is 10.8. The molecule has 0 bridgehead atoms. The lowest BCUT2D eigenvalue weighted by Crippen LogP contribution is -2.40. The number of carbonyl (C=O) groups is 1. The van der Waals surface area contributed by atoms with Gasteiger partial charge in [0.2, 0.25) is 0 Å². The zero-order valence-electron chi connectivity index (χ0n) is 14.3. The number of carbonyl (C=O) groups excluding carboxylic acids is 1. The van der Waals surface area contributed by atoms with E-state index in [1.54, 1.807) is 29.1 Å². The first-order valence-corrected chi connectivity index (χ1v) is 7.72. The van der Waals surface area contributed by atoms with Gasteiger partial charge in [-0.15, -0.1) is 0 Å². The van der Waals surface area contributed by atoms with Crippen molar-refractivity contribution in [3.8, 4) is 0 Å². The predicted molar refractivity (Wildman–Crippen MR) is 87.8 cm³/mol. The van der Waals surface area contributed by atoms with Crippen molar-refractivity contribution in [2.75, 3.05) is 20.2 Å². The first-order valence-electron chi connectivity index (χ1n) is 7.72. The Morgan fingerprint density at radius 2 is 2.26 bits per heavy atom. The van der Waals surface area contributed by atoms with E-state index in [1.165, 1.54) is 0 Å². The summed E-state index contributed by atoms with van der Waals surface area (Å²) in [7, 11) is 1.66. The second-order valence-electron chi connectivity index (χ2n) is 6.66. The van der Waals surface area contributed by atoms with Gasteiger partial charge in [0.15, 0.2) is 0 Å². The molecule has 0 aliphatic carbocycles. The molecule has 7 nitrogen and oxygen atoms in total. The molecule has 1 aromatic rings. The van der Waals surface area contributed by atoms with Crippen LogP contribution in [-0.4, -0.2) is 58.7 Å². The highest BCUT2D eigenvalue weighted by Crippen LogP contribution is 2.18. The van der Waals surface area contributed by atoms with E-state index >= 15 is 0 Å². The monoisotopic (exact) mass is 322 g/mol. The van der Waals surface area contributed by atoms with E-state index in [0.29, 0.717) is 19.6 Å². The molecule has 0 aromatic carbocycles. The standard InChI is InChI=1S/C16H26N4O3/c1-6-20-9-12(8-18-20)7-17-13-10-19(11-14(13)22-5)15(21)23-16(2,3)4/h6,8-9,13-14,17H,1,7,10-11H2,2-5H3/t13?,14-/m0/s1. The van der Waals surface area contributed by atoms with Crippen LogP contribution in [0.1, 0.15) is 26.3 Å². The van der Waals surface area contributed by atoms with Crippen LogP contribution in [0.2, 0.25) is 0 Å². The lowest BCUT2D eigenvalue weighted by Gasteiger charge is -2.24. The van der Waals surface area contributed by atoms with Gasteiger partial charge in [0.05, 0.1) is 24.9 Å². The van der Waals surface area contributed by atoms with Gasteiger partial charge in [-0.05, 0) is 20.8 Å². The fourth-order valence-electron chi connectivity index (χ4n) is 2.50. The number of nitrogens with one attached hydrogen (secondary N) is 1. The molecule has 1 aromatic heterocycles. The largest absolute Gasteiger partial charge is 0.444 e. The molecule has 7 heteroatoms. The fourth-order valence-corrected chi connectivity index (χ4v) is 2.50. The summed E-state index contributed by atoms with van der Waals surface area (Å²) in [5.41, 5.74) is 0.556. The third kappa shape index (κ3) is 4.80. The molecule has 1 aliphatic heterocycles. The summed E-state index contributed by atoms with van der Waals surface area (Å²) in [5.74, 6) is 0. The molecular formula is C16H26N4O3. The van der Waals surface area contributed by atoms with E-state index in [2.05, 4.69) is 17.0 Å². The molecular weight excluding hydrogens is 296 g/mol. The molecule has 0 spiro atoms. The molecule has 23 heavy (non-hydrogen) atoms. The minimum absolute atomic E-state index is 0.0552. The molecule has 2 heterocycles. The summed E-state index contributed by atoms with van der Waals surface area (Å²) in [6.45, 7) is 11.0. The average Bonchev–Trinajstić information content (AvgIpc) is 3.09. The average molecular weight is 322 g/mol. The maximum atomic E-state index is 12.2. The Morgan fingerprint density at radius 1 is 1.52 bits per heavy atom. The van der Waals surface area contributed by atoms with E-state index in [0.717, 1.165) is 5.56 Å². The normalized spacial score (nSPS) is 21.5. The van der Waals surface area contributed by atoms with Crippen LogP contribution in [0.5, 0.6) is 0 Å². The Bertz CT molecular complexity index is 550. The fraction of sp³-hybridized carbons (Fsp3) is 0.625. The van der Waals surface area contributed by atoms with Crippen LogP contribution < -0.4 is 5.32 Å². The van der Waals surface area contributed by atoms with Gasteiger partial charge in [-0.1, -0.05) is 6.58 Å². The van der Waals surface area contributed by atoms with Crippen molar-refractivity contribution in [1.82, 2.24) is 20.0 Å². The molecule has 1 fully saturated rings. The van der Waals surface area contributed by atoms with Crippen LogP contribution in [0.15, 0.2) is 19.0 Å². The molecule has 2 rings (SSSR count). The maximum absolute atomic E-state index is 12.2. The predicted octanol–water partition coefficient (Wildman–Crippen LogP) is 1.71. The van der Waals surface area contributed by atoms with E-state index in [4.69, 9.17) is 9.47 Å². The van der Waals surface area contributed by atoms with Crippen molar-refractivity contribution < 1.29 is 14.3 Å². The highest BCUT2D eigenvalue weighted by molar-refractivity contribution is 5.68. The van der Waals surface area contributed by atoms with Gasteiger partial charge >= 0.3 is 6.09 Å². The van der Waals surface area contributed by atoms with Crippen molar-refractivity contribution in [2.24, 2.45) is 0 Å². The van der Waals surface area contributed by atoms with Crippen LogP contribution in [0.4, 0.5) is 4.79 Å². The quantitative estimate of drug-likeness (QED) is 0.894. The molecule has 1 saturated heterocycles. The van der Waals surface area contributed by atoms with Crippen LogP contribution >= 0.6 is 0 Å². The zero-order chi connectivity index (χ0) is 17.0. The summed E-state index contributed by atoms with van der Waals surface area (Å²) in [5, 5.41) is 7.57. The van der Waals surface area contributed by atoms with Gasteiger partial charge in [0.1, 0.15) is 5.60 Å². The molecule has 1 unspecified atom stereocenters. The molecule has 128 valence electrons. The van der Waals surface area contributed by atoms with Gasteiger partial charge in [-0.3, -0.25) is 0 Å². The summed E-state index contributed by atoms with van der Waals surface area (Å²) in [6.07, 6.45) is 4.97. The van der Waals surface area contributed by atoms with Gasteiger partial charge in [0, 0.05) is 38.2 Å². The molecule has 2 atom stereocenters. The lowest BCUT2D eigenvalue weighted by molar-refractivity contribution is 0.0252. The van der Waals surface area contributed by atoms with Crippen molar-refractivity contribution in [1.29, 1.82) is 0 Å². The molecule has 1 N–H and O–H groups in total. The van der Waals surface area contributed by atoms with Gasteiger partial charge in [-0.25, -0.2) is 9.48 Å². The number of nitrogens with zero attached hydrogens (tertiary/aromatic N) is 3. The Kier molecular flexibility index (Phi) is 5.43. The van der Waals surface area contributed by atoms with Gasteiger partial charge in [0.25, 0.3) is 0 Å². The van der Waals surface area contributed by atoms with E-state index < -0.39 is 5.60 Å². The minimum Gasteiger partial charge on any atom is -0.444 e. The van der Waals surface area contributed by atoms with Crippen molar-refractivity contribution in [3.05, 3.63) is 24.5 Å². The van der Waals surface area contributed by atoms with Crippen molar-refractivity contribution in [3.63, 3.8) is 0 Å². The van der Waals surface area contributed by atoms with E-state index in [9.17, 15) is 4.79 Å². The second-order valence-corrected chi connectivity index (χ2v) is 6.66. The number of rotatable bonds is 5.